The summed E-state index contributed by atoms with van der Waals surface area (Å²) in [4.78, 5) is 33.8. The number of carbonyl (C=O) groups excluding carboxylic acids is 2. The highest BCUT2D eigenvalue weighted by molar-refractivity contribution is 5.95. The Hall–Kier alpha value is -3.47. The van der Waals surface area contributed by atoms with Crippen molar-refractivity contribution in [1.29, 1.82) is 0 Å². The number of benzene rings is 2. The van der Waals surface area contributed by atoms with Crippen molar-refractivity contribution in [1.82, 2.24) is 20.5 Å². The number of hydrogen-bond donors (Lipinski definition) is 5. The van der Waals surface area contributed by atoms with Gasteiger partial charge in [-0.1, -0.05) is 26.0 Å². The van der Waals surface area contributed by atoms with Gasteiger partial charge in [-0.15, -0.1) is 0 Å². The molecule has 0 atom stereocenters. The second-order valence-corrected chi connectivity index (χ2v) is 7.66. The predicted molar refractivity (Wildman–Crippen MR) is 135 cm³/mol. The smallest absolute Gasteiger partial charge is 0.253 e. The van der Waals surface area contributed by atoms with E-state index in [1.165, 1.54) is 0 Å². The second-order valence-electron chi connectivity index (χ2n) is 7.66. The van der Waals surface area contributed by atoms with Crippen molar-refractivity contribution in [2.45, 2.75) is 20.4 Å². The molecule has 0 unspecified atom stereocenters. The number of rotatable bonds is 12. The molecule has 0 radical (unpaired) electrons. The van der Waals surface area contributed by atoms with Gasteiger partial charge >= 0.3 is 0 Å². The Kier molecular flexibility index (Phi) is 11.0. The van der Waals surface area contributed by atoms with Crippen molar-refractivity contribution < 1.29 is 9.59 Å². The molecule has 0 aliphatic rings. The molecule has 0 saturated carbocycles. The summed E-state index contributed by atoms with van der Waals surface area (Å²) in [6.45, 7) is 8.42. The molecule has 10 heteroatoms. The number of aliphatic imine (C=N–C) groups is 1. The summed E-state index contributed by atoms with van der Waals surface area (Å²) in [6.07, 6.45) is 0. The lowest BCUT2D eigenvalue weighted by Gasteiger charge is -2.27. The van der Waals surface area contributed by atoms with Crippen LogP contribution in [-0.4, -0.2) is 66.8 Å². The summed E-state index contributed by atoms with van der Waals surface area (Å²) in [5.74, 6) is 5.00. The Morgan fingerprint density at radius 1 is 0.912 bits per heavy atom. The van der Waals surface area contributed by atoms with Gasteiger partial charge in [0.05, 0.1) is 5.69 Å². The van der Waals surface area contributed by atoms with E-state index in [0.717, 1.165) is 25.2 Å². The van der Waals surface area contributed by atoms with Crippen LogP contribution in [0.4, 0.5) is 5.69 Å². The van der Waals surface area contributed by atoms with Crippen LogP contribution in [0.1, 0.15) is 40.1 Å². The van der Waals surface area contributed by atoms with E-state index in [2.05, 4.69) is 34.5 Å². The number of carbonyl (C=O) groups is 2. The van der Waals surface area contributed by atoms with Gasteiger partial charge in [0.25, 0.3) is 11.8 Å². The zero-order valence-electron chi connectivity index (χ0n) is 20.0. The zero-order valence-corrected chi connectivity index (χ0v) is 20.0. The van der Waals surface area contributed by atoms with E-state index in [1.807, 2.05) is 12.1 Å². The number of likely N-dealkylation sites (N-methyl/N-ethyl adjacent to an activating group) is 1. The molecule has 8 N–H and O–H groups in total. The Labute approximate surface area is 201 Å². The molecular weight excluding hydrogens is 432 g/mol. The summed E-state index contributed by atoms with van der Waals surface area (Å²) >= 11 is 0. The highest BCUT2D eigenvalue weighted by Gasteiger charge is 2.17. The second kappa shape index (κ2) is 13.9. The van der Waals surface area contributed by atoms with Crippen LogP contribution in [0.3, 0.4) is 0 Å². The molecule has 184 valence electrons. The number of guanidine groups is 1. The lowest BCUT2D eigenvalue weighted by molar-refractivity contribution is 0.0731. The molecule has 0 saturated heterocycles. The maximum atomic E-state index is 13.2. The molecule has 0 heterocycles. The molecule has 0 aliphatic heterocycles. The lowest BCUT2D eigenvalue weighted by atomic mass is 10.1. The summed E-state index contributed by atoms with van der Waals surface area (Å²) < 4.78 is 0. The lowest BCUT2D eigenvalue weighted by Crippen LogP contribution is -2.42. The first kappa shape index (κ1) is 26.8. The van der Waals surface area contributed by atoms with Crippen LogP contribution in [0.25, 0.3) is 0 Å². The topological polar surface area (TPSA) is 155 Å². The SMILES string of the molecule is CCN(CC)CCN(CCNC(=O)c1ccc(CN)cc1)C(=O)c1ccc(N=C(N)NN)cc1. The van der Waals surface area contributed by atoms with Gasteiger partial charge in [0.15, 0.2) is 0 Å². The quantitative estimate of drug-likeness (QED) is 0.133. The van der Waals surface area contributed by atoms with Gasteiger partial charge in [-0.25, -0.2) is 10.8 Å². The molecule has 2 aromatic rings. The van der Waals surface area contributed by atoms with Gasteiger partial charge in [-0.3, -0.25) is 15.0 Å². The summed E-state index contributed by atoms with van der Waals surface area (Å²) in [5.41, 5.74) is 16.1. The first-order chi connectivity index (χ1) is 16.4. The molecule has 2 amide bonds. The highest BCUT2D eigenvalue weighted by Crippen LogP contribution is 2.14. The first-order valence-electron chi connectivity index (χ1n) is 11.4. The van der Waals surface area contributed by atoms with Gasteiger partial charge in [-0.05, 0) is 55.1 Å². The van der Waals surface area contributed by atoms with Crippen molar-refractivity contribution in [3.8, 4) is 0 Å². The maximum absolute atomic E-state index is 13.2. The molecule has 34 heavy (non-hydrogen) atoms. The van der Waals surface area contributed by atoms with E-state index in [9.17, 15) is 9.59 Å². The van der Waals surface area contributed by atoms with Crippen molar-refractivity contribution in [2.24, 2.45) is 22.3 Å². The zero-order chi connectivity index (χ0) is 24.9. The van der Waals surface area contributed by atoms with E-state index in [1.54, 1.807) is 41.3 Å². The molecule has 2 rings (SSSR count). The van der Waals surface area contributed by atoms with Gasteiger partial charge in [0.1, 0.15) is 0 Å². The minimum Gasteiger partial charge on any atom is -0.369 e. The summed E-state index contributed by atoms with van der Waals surface area (Å²) in [7, 11) is 0. The van der Waals surface area contributed by atoms with Crippen molar-refractivity contribution in [2.75, 3.05) is 39.3 Å². The minimum absolute atomic E-state index is 0.0772. The van der Waals surface area contributed by atoms with Crippen LogP contribution in [0.2, 0.25) is 0 Å². The molecule has 0 spiro atoms. The Balaban J connectivity index is 2.05. The Morgan fingerprint density at radius 2 is 1.53 bits per heavy atom. The van der Waals surface area contributed by atoms with Crippen molar-refractivity contribution in [3.63, 3.8) is 0 Å². The normalized spacial score (nSPS) is 11.4. The average Bonchev–Trinajstić information content (AvgIpc) is 2.88. The first-order valence-corrected chi connectivity index (χ1v) is 11.4. The van der Waals surface area contributed by atoms with E-state index in [0.29, 0.717) is 43.0 Å². The number of nitrogens with one attached hydrogen (secondary N) is 2. The fourth-order valence-electron chi connectivity index (χ4n) is 3.35. The van der Waals surface area contributed by atoms with E-state index in [4.69, 9.17) is 17.3 Å². The van der Waals surface area contributed by atoms with E-state index < -0.39 is 0 Å². The Bertz CT molecular complexity index is 940. The van der Waals surface area contributed by atoms with Crippen LogP contribution < -0.4 is 28.1 Å². The van der Waals surface area contributed by atoms with Gasteiger partial charge in [0.2, 0.25) is 5.96 Å². The predicted octanol–water partition coefficient (Wildman–Crippen LogP) is 0.769. The number of amides is 2. The fourth-order valence-corrected chi connectivity index (χ4v) is 3.35. The van der Waals surface area contributed by atoms with Crippen LogP contribution in [0.15, 0.2) is 53.5 Å². The highest BCUT2D eigenvalue weighted by atomic mass is 16.2. The van der Waals surface area contributed by atoms with E-state index in [-0.39, 0.29) is 17.8 Å². The third-order valence-corrected chi connectivity index (χ3v) is 5.50. The Morgan fingerprint density at radius 3 is 2.09 bits per heavy atom. The standard InChI is InChI=1S/C24H36N8O2/c1-3-31(4-2)15-16-32(14-13-28-22(33)19-7-5-18(17-25)6-8-19)23(34)20-9-11-21(12-10-20)29-24(26)30-27/h5-12H,3-4,13-17,25,27H2,1-2H3,(H,28,33)(H3,26,29,30). The molecule has 0 bridgehead atoms. The molecule has 0 fully saturated rings. The summed E-state index contributed by atoms with van der Waals surface area (Å²) in [5, 5.41) is 2.90. The van der Waals surface area contributed by atoms with Crippen LogP contribution in [0, 0.1) is 0 Å². The van der Waals surface area contributed by atoms with E-state index >= 15 is 0 Å². The molecule has 0 aliphatic carbocycles. The van der Waals surface area contributed by atoms with Gasteiger partial charge < -0.3 is 26.6 Å². The van der Waals surface area contributed by atoms with Crippen molar-refractivity contribution in [3.05, 3.63) is 65.2 Å². The molecule has 2 aromatic carbocycles. The monoisotopic (exact) mass is 468 g/mol. The average molecular weight is 469 g/mol. The fraction of sp³-hybridized carbons (Fsp3) is 0.375. The largest absolute Gasteiger partial charge is 0.369 e. The number of hydrazine groups is 1. The third-order valence-electron chi connectivity index (χ3n) is 5.50. The minimum atomic E-state index is -0.187. The van der Waals surface area contributed by atoms with Gasteiger partial charge in [-0.2, -0.15) is 0 Å². The van der Waals surface area contributed by atoms with Crippen LogP contribution in [0.5, 0.6) is 0 Å². The van der Waals surface area contributed by atoms with Crippen LogP contribution in [-0.2, 0) is 6.54 Å². The summed E-state index contributed by atoms with van der Waals surface area (Å²) in [6, 6.07) is 14.0. The maximum Gasteiger partial charge on any atom is 0.253 e. The van der Waals surface area contributed by atoms with Gasteiger partial charge in [0, 0.05) is 43.9 Å². The molecular formula is C24H36N8O2. The molecule has 0 aromatic heterocycles. The number of nitrogens with zero attached hydrogens (tertiary/aromatic N) is 3. The third kappa shape index (κ3) is 8.14. The van der Waals surface area contributed by atoms with Crippen molar-refractivity contribution >= 4 is 23.5 Å². The number of nitrogens with two attached hydrogens (primary N) is 3. The number of hydrogen-bond acceptors (Lipinski definition) is 6. The van der Waals surface area contributed by atoms with Crippen LogP contribution >= 0.6 is 0 Å². The molecule has 10 nitrogen and oxygen atoms in total.